The number of nitrogens with zero attached hydrogens (tertiary/aromatic N) is 4. The molecule has 1 aliphatic heterocycles. The van der Waals surface area contributed by atoms with Gasteiger partial charge in [0, 0.05) is 55.8 Å². The molecule has 28 heavy (non-hydrogen) atoms. The molecule has 3 heterocycles. The maximum atomic E-state index is 12.9. The number of likely N-dealkylation sites (tertiary alicyclic amines) is 1. The molecule has 0 spiro atoms. The predicted molar refractivity (Wildman–Crippen MR) is 111 cm³/mol. The Morgan fingerprint density at radius 3 is 2.82 bits per heavy atom. The lowest BCUT2D eigenvalue weighted by atomic mass is 9.94. The minimum Gasteiger partial charge on any atom is -0.378 e. The summed E-state index contributed by atoms with van der Waals surface area (Å²) in [5, 5.41) is 8.10. The van der Waals surface area contributed by atoms with Crippen LogP contribution in [0.4, 0.5) is 5.69 Å². The van der Waals surface area contributed by atoms with E-state index in [0.29, 0.717) is 24.1 Å². The molecular weight excluding hydrogens is 372 g/mol. The fourth-order valence-electron chi connectivity index (χ4n) is 3.59. The first-order valence-corrected chi connectivity index (χ1v) is 10.5. The Balaban J connectivity index is 1.39. The highest BCUT2D eigenvalue weighted by Crippen LogP contribution is 2.24. The molecule has 0 N–H and O–H groups in total. The van der Waals surface area contributed by atoms with E-state index in [0.717, 1.165) is 42.7 Å². The summed E-state index contributed by atoms with van der Waals surface area (Å²) >= 11 is 1.61. The number of piperidine rings is 1. The van der Waals surface area contributed by atoms with Crippen molar-refractivity contribution in [3.63, 3.8) is 0 Å². The van der Waals surface area contributed by atoms with Crippen LogP contribution in [0, 0.1) is 5.92 Å². The molecule has 0 aliphatic carbocycles. The summed E-state index contributed by atoms with van der Waals surface area (Å²) in [7, 11) is 3.99. The van der Waals surface area contributed by atoms with E-state index in [9.17, 15) is 4.79 Å². The summed E-state index contributed by atoms with van der Waals surface area (Å²) in [5.74, 6) is 1.73. The lowest BCUT2D eigenvalue weighted by Gasteiger charge is -2.32. The molecule has 1 atom stereocenters. The van der Waals surface area contributed by atoms with Gasteiger partial charge in [-0.25, -0.2) is 0 Å². The molecule has 1 fully saturated rings. The van der Waals surface area contributed by atoms with Crippen LogP contribution < -0.4 is 4.90 Å². The van der Waals surface area contributed by atoms with Gasteiger partial charge in [0.25, 0.3) is 5.91 Å². The van der Waals surface area contributed by atoms with Crippen LogP contribution in [-0.4, -0.2) is 48.1 Å². The van der Waals surface area contributed by atoms with Gasteiger partial charge in [-0.1, -0.05) is 5.16 Å². The van der Waals surface area contributed by atoms with Gasteiger partial charge in [-0.2, -0.15) is 16.3 Å². The van der Waals surface area contributed by atoms with E-state index in [2.05, 4.69) is 10.1 Å². The maximum absolute atomic E-state index is 12.9. The summed E-state index contributed by atoms with van der Waals surface area (Å²) in [6, 6.07) is 9.78. The Hall–Kier alpha value is -2.67. The van der Waals surface area contributed by atoms with Gasteiger partial charge in [-0.15, -0.1) is 0 Å². The summed E-state index contributed by atoms with van der Waals surface area (Å²) in [4.78, 5) is 21.4. The van der Waals surface area contributed by atoms with E-state index >= 15 is 0 Å². The van der Waals surface area contributed by atoms with Crippen LogP contribution in [0.5, 0.6) is 0 Å². The second-order valence-corrected chi connectivity index (χ2v) is 8.21. The van der Waals surface area contributed by atoms with Crippen molar-refractivity contribution in [1.82, 2.24) is 15.0 Å². The fourth-order valence-corrected chi connectivity index (χ4v) is 4.23. The zero-order valence-electron chi connectivity index (χ0n) is 16.2. The van der Waals surface area contributed by atoms with Crippen LogP contribution in [0.3, 0.4) is 0 Å². The standard InChI is InChI=1S/C21H24N4O2S/c1-24(2)18-7-5-16(6-8-18)21(26)25-10-3-4-15(13-25)12-19-22-20(23-27-19)17-9-11-28-14-17/h5-9,11,14-15H,3-4,10,12-13H2,1-2H3. The first-order valence-electron chi connectivity index (χ1n) is 9.52. The number of amides is 1. The largest absolute Gasteiger partial charge is 0.378 e. The van der Waals surface area contributed by atoms with Crippen LogP contribution >= 0.6 is 11.3 Å². The molecule has 4 rings (SSSR count). The van der Waals surface area contributed by atoms with E-state index in [1.165, 1.54) is 0 Å². The predicted octanol–water partition coefficient (Wildman–Crippen LogP) is 3.96. The second-order valence-electron chi connectivity index (χ2n) is 7.43. The number of rotatable bonds is 5. The zero-order chi connectivity index (χ0) is 19.5. The van der Waals surface area contributed by atoms with Crippen molar-refractivity contribution in [2.24, 2.45) is 5.92 Å². The first kappa shape index (κ1) is 18.7. The number of benzene rings is 1. The SMILES string of the molecule is CN(C)c1ccc(C(=O)N2CCCC(Cc3nc(-c4ccsc4)no3)C2)cc1. The third-order valence-corrected chi connectivity index (χ3v) is 5.83. The van der Waals surface area contributed by atoms with Crippen LogP contribution in [0.2, 0.25) is 0 Å². The third-order valence-electron chi connectivity index (χ3n) is 5.15. The lowest BCUT2D eigenvalue weighted by Crippen LogP contribution is -2.40. The Morgan fingerprint density at radius 1 is 1.29 bits per heavy atom. The van der Waals surface area contributed by atoms with E-state index in [1.807, 2.05) is 65.0 Å². The van der Waals surface area contributed by atoms with Gasteiger partial charge in [0.15, 0.2) is 0 Å². The molecule has 3 aromatic rings. The van der Waals surface area contributed by atoms with Gasteiger partial charge >= 0.3 is 0 Å². The molecule has 146 valence electrons. The summed E-state index contributed by atoms with van der Waals surface area (Å²) in [6.07, 6.45) is 2.78. The van der Waals surface area contributed by atoms with Crippen molar-refractivity contribution in [1.29, 1.82) is 0 Å². The highest BCUT2D eigenvalue weighted by atomic mass is 32.1. The molecule has 1 amide bonds. The van der Waals surface area contributed by atoms with Crippen molar-refractivity contribution in [3.8, 4) is 11.4 Å². The molecule has 6 nitrogen and oxygen atoms in total. The van der Waals surface area contributed by atoms with Crippen molar-refractivity contribution >= 4 is 22.9 Å². The van der Waals surface area contributed by atoms with Gasteiger partial charge in [0.1, 0.15) is 0 Å². The highest BCUT2D eigenvalue weighted by Gasteiger charge is 2.26. The molecule has 0 saturated carbocycles. The third kappa shape index (κ3) is 4.09. The quantitative estimate of drug-likeness (QED) is 0.653. The molecule has 1 aliphatic rings. The fraction of sp³-hybridized carbons (Fsp3) is 0.381. The molecule has 7 heteroatoms. The minimum atomic E-state index is 0.0968. The Morgan fingerprint density at radius 2 is 2.11 bits per heavy atom. The number of hydrogen-bond donors (Lipinski definition) is 0. The Labute approximate surface area is 168 Å². The smallest absolute Gasteiger partial charge is 0.253 e. The average Bonchev–Trinajstić information content (AvgIpc) is 3.39. The summed E-state index contributed by atoms with van der Waals surface area (Å²) in [5.41, 5.74) is 2.82. The van der Waals surface area contributed by atoms with Crippen molar-refractivity contribution in [2.75, 3.05) is 32.1 Å². The van der Waals surface area contributed by atoms with E-state index in [-0.39, 0.29) is 5.91 Å². The van der Waals surface area contributed by atoms with E-state index in [4.69, 9.17) is 4.52 Å². The monoisotopic (exact) mass is 396 g/mol. The number of hydrogen-bond acceptors (Lipinski definition) is 6. The van der Waals surface area contributed by atoms with Gasteiger partial charge in [0.05, 0.1) is 0 Å². The molecule has 0 radical (unpaired) electrons. The number of carbonyl (C=O) groups is 1. The van der Waals surface area contributed by atoms with Gasteiger partial charge in [-0.3, -0.25) is 4.79 Å². The second kappa shape index (κ2) is 8.14. The van der Waals surface area contributed by atoms with Gasteiger partial charge < -0.3 is 14.3 Å². The maximum Gasteiger partial charge on any atom is 0.253 e. The summed E-state index contributed by atoms with van der Waals surface area (Å²) in [6.45, 7) is 1.53. The van der Waals surface area contributed by atoms with Gasteiger partial charge in [0.2, 0.25) is 11.7 Å². The van der Waals surface area contributed by atoms with E-state index in [1.54, 1.807) is 11.3 Å². The molecular formula is C21H24N4O2S. The molecule has 1 unspecified atom stereocenters. The normalized spacial score (nSPS) is 16.9. The first-order chi connectivity index (χ1) is 13.6. The van der Waals surface area contributed by atoms with Crippen molar-refractivity contribution < 1.29 is 9.32 Å². The molecule has 1 saturated heterocycles. The molecule has 2 aromatic heterocycles. The zero-order valence-corrected chi connectivity index (χ0v) is 17.0. The van der Waals surface area contributed by atoms with Crippen LogP contribution in [0.25, 0.3) is 11.4 Å². The minimum absolute atomic E-state index is 0.0968. The Kier molecular flexibility index (Phi) is 5.43. The van der Waals surface area contributed by atoms with Crippen LogP contribution in [0.15, 0.2) is 45.6 Å². The van der Waals surface area contributed by atoms with Crippen LogP contribution in [-0.2, 0) is 6.42 Å². The number of thiophene rings is 1. The number of aromatic nitrogens is 2. The Bertz CT molecular complexity index is 918. The lowest BCUT2D eigenvalue weighted by molar-refractivity contribution is 0.0668. The number of anilines is 1. The molecule has 1 aromatic carbocycles. The van der Waals surface area contributed by atoms with Crippen molar-refractivity contribution in [2.45, 2.75) is 19.3 Å². The average molecular weight is 397 g/mol. The topological polar surface area (TPSA) is 62.5 Å². The van der Waals surface area contributed by atoms with E-state index < -0.39 is 0 Å². The van der Waals surface area contributed by atoms with Gasteiger partial charge in [-0.05, 0) is 54.5 Å². The van der Waals surface area contributed by atoms with Crippen LogP contribution in [0.1, 0.15) is 29.1 Å². The number of carbonyl (C=O) groups excluding carboxylic acids is 1. The highest BCUT2D eigenvalue weighted by molar-refractivity contribution is 7.08. The van der Waals surface area contributed by atoms with Crippen molar-refractivity contribution in [3.05, 3.63) is 52.5 Å². The summed E-state index contributed by atoms with van der Waals surface area (Å²) < 4.78 is 5.44. The molecule has 0 bridgehead atoms.